The molecule has 7 heteroatoms. The summed E-state index contributed by atoms with van der Waals surface area (Å²) in [4.78, 5) is 22.5. The van der Waals surface area contributed by atoms with Crippen LogP contribution < -0.4 is 10.6 Å². The second-order valence-corrected chi connectivity index (χ2v) is 5.65. The van der Waals surface area contributed by atoms with Crippen LogP contribution in [-0.4, -0.2) is 55.1 Å². The van der Waals surface area contributed by atoms with Crippen molar-refractivity contribution in [3.8, 4) is 0 Å². The zero-order valence-corrected chi connectivity index (χ0v) is 14.5. The van der Waals surface area contributed by atoms with Crippen molar-refractivity contribution in [2.45, 2.75) is 6.92 Å². The summed E-state index contributed by atoms with van der Waals surface area (Å²) >= 11 is 0. The number of nitrogens with zero attached hydrogens (tertiary/aromatic N) is 3. The Labute approximate surface area is 142 Å². The van der Waals surface area contributed by atoms with Gasteiger partial charge in [-0.2, -0.15) is 4.98 Å². The summed E-state index contributed by atoms with van der Waals surface area (Å²) in [5, 5.41) is 6.40. The number of likely N-dealkylation sites (N-methyl/N-ethyl adjacent to an activating group) is 1. The second-order valence-electron chi connectivity index (χ2n) is 5.65. The molecule has 0 spiro atoms. The summed E-state index contributed by atoms with van der Waals surface area (Å²) in [5.41, 5.74) is 2.05. The first-order valence-electron chi connectivity index (χ1n) is 7.67. The van der Waals surface area contributed by atoms with E-state index in [1.165, 1.54) is 7.11 Å². The number of esters is 1. The minimum absolute atomic E-state index is 0.380. The molecule has 1 aromatic carbocycles. The normalized spacial score (nSPS) is 10.5. The van der Waals surface area contributed by atoms with Gasteiger partial charge in [0.05, 0.1) is 12.7 Å². The van der Waals surface area contributed by atoms with Crippen molar-refractivity contribution in [3.63, 3.8) is 0 Å². The molecular weight excluding hydrogens is 306 g/mol. The average molecular weight is 329 g/mol. The lowest BCUT2D eigenvalue weighted by Gasteiger charge is -2.12. The van der Waals surface area contributed by atoms with Crippen LogP contribution >= 0.6 is 0 Å². The molecule has 0 aliphatic heterocycles. The van der Waals surface area contributed by atoms with Gasteiger partial charge in [-0.3, -0.25) is 0 Å². The van der Waals surface area contributed by atoms with Gasteiger partial charge in [-0.05, 0) is 39.2 Å². The third-order valence-electron chi connectivity index (χ3n) is 3.26. The lowest BCUT2D eigenvalue weighted by Crippen LogP contribution is -2.21. The van der Waals surface area contributed by atoms with Crippen LogP contribution in [-0.2, 0) is 4.74 Å². The molecule has 1 heterocycles. The lowest BCUT2D eigenvalue weighted by atomic mass is 10.2. The Kier molecular flexibility index (Phi) is 6.08. The summed E-state index contributed by atoms with van der Waals surface area (Å²) in [5.74, 6) is 0.857. The number of hydrogen-bond acceptors (Lipinski definition) is 7. The molecule has 0 saturated carbocycles. The average Bonchev–Trinajstić information content (AvgIpc) is 2.53. The summed E-state index contributed by atoms with van der Waals surface area (Å²) < 4.78 is 4.73. The van der Waals surface area contributed by atoms with Crippen molar-refractivity contribution in [2.24, 2.45) is 0 Å². The smallest absolute Gasteiger partial charge is 0.337 e. The maximum atomic E-state index is 11.6. The molecule has 0 unspecified atom stereocenters. The maximum Gasteiger partial charge on any atom is 0.337 e. The molecule has 0 radical (unpaired) electrons. The Morgan fingerprint density at radius 1 is 1.25 bits per heavy atom. The molecular formula is C17H23N5O2. The standard InChI is InChI=1S/C17H23N5O2/c1-12-10-15(18-8-9-22(2)3)21-17(19-12)20-14-7-5-6-13(11-14)16(23)24-4/h5-7,10-11H,8-9H2,1-4H3,(H2,18,19,20,21). The first-order chi connectivity index (χ1) is 11.5. The maximum absolute atomic E-state index is 11.6. The number of hydrogen-bond donors (Lipinski definition) is 2. The molecule has 2 rings (SSSR count). The number of rotatable bonds is 7. The molecule has 128 valence electrons. The Balaban J connectivity index is 2.12. The molecule has 0 atom stereocenters. The number of methoxy groups -OCH3 is 1. The Hall–Kier alpha value is -2.67. The van der Waals surface area contributed by atoms with Gasteiger partial charge in [0.2, 0.25) is 5.95 Å². The quantitative estimate of drug-likeness (QED) is 0.754. The van der Waals surface area contributed by atoms with Gasteiger partial charge in [-0.15, -0.1) is 0 Å². The fraction of sp³-hybridized carbons (Fsp3) is 0.353. The molecule has 2 aromatic rings. The molecule has 0 aliphatic rings. The van der Waals surface area contributed by atoms with Gasteiger partial charge in [-0.1, -0.05) is 6.07 Å². The molecule has 7 nitrogen and oxygen atoms in total. The molecule has 0 saturated heterocycles. The van der Waals surface area contributed by atoms with Gasteiger partial charge in [0.25, 0.3) is 0 Å². The molecule has 1 aromatic heterocycles. The SMILES string of the molecule is COC(=O)c1cccc(Nc2nc(C)cc(NCCN(C)C)n2)c1. The molecule has 0 fully saturated rings. The predicted octanol–water partition coefficient (Wildman–Crippen LogP) is 2.29. The zero-order chi connectivity index (χ0) is 17.5. The fourth-order valence-corrected chi connectivity index (χ4v) is 2.09. The molecule has 2 N–H and O–H groups in total. The monoisotopic (exact) mass is 329 g/mol. The van der Waals surface area contributed by atoms with Crippen molar-refractivity contribution in [1.29, 1.82) is 0 Å². The Bertz CT molecular complexity index is 703. The summed E-state index contributed by atoms with van der Waals surface area (Å²) in [7, 11) is 5.40. The molecule has 0 bridgehead atoms. The van der Waals surface area contributed by atoms with Crippen LogP contribution in [0, 0.1) is 6.92 Å². The highest BCUT2D eigenvalue weighted by Crippen LogP contribution is 2.17. The third-order valence-corrected chi connectivity index (χ3v) is 3.26. The van der Waals surface area contributed by atoms with E-state index in [9.17, 15) is 4.79 Å². The Morgan fingerprint density at radius 2 is 2.04 bits per heavy atom. The number of anilines is 3. The van der Waals surface area contributed by atoms with E-state index in [1.54, 1.807) is 18.2 Å². The van der Waals surface area contributed by atoms with Gasteiger partial charge >= 0.3 is 5.97 Å². The van der Waals surface area contributed by atoms with Gasteiger partial charge in [0.15, 0.2) is 0 Å². The number of aromatic nitrogens is 2. The van der Waals surface area contributed by atoms with Crippen molar-refractivity contribution in [2.75, 3.05) is 44.9 Å². The van der Waals surface area contributed by atoms with E-state index < -0.39 is 0 Å². The number of aryl methyl sites for hydroxylation is 1. The minimum Gasteiger partial charge on any atom is -0.465 e. The first kappa shape index (κ1) is 17.7. The van der Waals surface area contributed by atoms with Crippen molar-refractivity contribution < 1.29 is 9.53 Å². The van der Waals surface area contributed by atoms with E-state index in [2.05, 4.69) is 25.5 Å². The lowest BCUT2D eigenvalue weighted by molar-refractivity contribution is 0.0601. The van der Waals surface area contributed by atoms with Crippen LogP contribution in [0.2, 0.25) is 0 Å². The van der Waals surface area contributed by atoms with Crippen LogP contribution in [0.3, 0.4) is 0 Å². The van der Waals surface area contributed by atoms with Crippen LogP contribution in [0.25, 0.3) is 0 Å². The van der Waals surface area contributed by atoms with E-state index in [-0.39, 0.29) is 5.97 Å². The summed E-state index contributed by atoms with van der Waals surface area (Å²) in [6.45, 7) is 3.61. The van der Waals surface area contributed by atoms with Gasteiger partial charge < -0.3 is 20.3 Å². The Morgan fingerprint density at radius 3 is 2.75 bits per heavy atom. The highest BCUT2D eigenvalue weighted by molar-refractivity contribution is 5.90. The van der Waals surface area contributed by atoms with E-state index in [1.807, 2.05) is 33.2 Å². The first-order valence-corrected chi connectivity index (χ1v) is 7.67. The van der Waals surface area contributed by atoms with Crippen LogP contribution in [0.15, 0.2) is 30.3 Å². The summed E-state index contributed by atoms with van der Waals surface area (Å²) in [6.07, 6.45) is 0. The molecule has 0 amide bonds. The predicted molar refractivity (Wildman–Crippen MR) is 94.9 cm³/mol. The largest absolute Gasteiger partial charge is 0.465 e. The summed E-state index contributed by atoms with van der Waals surface area (Å²) in [6, 6.07) is 8.92. The highest BCUT2D eigenvalue weighted by atomic mass is 16.5. The second kappa shape index (κ2) is 8.26. The zero-order valence-electron chi connectivity index (χ0n) is 14.5. The van der Waals surface area contributed by atoms with E-state index >= 15 is 0 Å². The fourth-order valence-electron chi connectivity index (χ4n) is 2.09. The van der Waals surface area contributed by atoms with Crippen molar-refractivity contribution >= 4 is 23.4 Å². The number of ether oxygens (including phenoxy) is 1. The minimum atomic E-state index is -0.380. The van der Waals surface area contributed by atoms with Crippen LogP contribution in [0.5, 0.6) is 0 Å². The molecule has 24 heavy (non-hydrogen) atoms. The van der Waals surface area contributed by atoms with E-state index in [0.29, 0.717) is 11.5 Å². The molecule has 0 aliphatic carbocycles. The van der Waals surface area contributed by atoms with Crippen LogP contribution in [0.4, 0.5) is 17.5 Å². The number of benzene rings is 1. The van der Waals surface area contributed by atoms with Crippen molar-refractivity contribution in [1.82, 2.24) is 14.9 Å². The van der Waals surface area contributed by atoms with E-state index in [0.717, 1.165) is 30.3 Å². The van der Waals surface area contributed by atoms with Gasteiger partial charge in [-0.25, -0.2) is 9.78 Å². The van der Waals surface area contributed by atoms with Gasteiger partial charge in [0.1, 0.15) is 5.82 Å². The topological polar surface area (TPSA) is 79.4 Å². The van der Waals surface area contributed by atoms with Crippen molar-refractivity contribution in [3.05, 3.63) is 41.6 Å². The van der Waals surface area contributed by atoms with E-state index in [4.69, 9.17) is 4.74 Å². The number of carbonyl (C=O) groups is 1. The third kappa shape index (κ3) is 5.20. The van der Waals surface area contributed by atoms with Crippen LogP contribution in [0.1, 0.15) is 16.1 Å². The number of carbonyl (C=O) groups excluding carboxylic acids is 1. The number of nitrogens with one attached hydrogen (secondary N) is 2. The van der Waals surface area contributed by atoms with Gasteiger partial charge in [0, 0.05) is 30.5 Å². The highest BCUT2D eigenvalue weighted by Gasteiger charge is 2.07.